The Balaban J connectivity index is 1.62. The summed E-state index contributed by atoms with van der Waals surface area (Å²) >= 11 is 0. The number of fused-ring (bicyclic) bond motifs is 2. The highest BCUT2D eigenvalue weighted by Gasteiger charge is 2.32. The number of carbonyl (C=O) groups excluding carboxylic acids is 1. The van der Waals surface area contributed by atoms with Crippen molar-refractivity contribution in [2.45, 2.75) is 19.3 Å². The van der Waals surface area contributed by atoms with E-state index in [1.807, 2.05) is 13.8 Å². The van der Waals surface area contributed by atoms with Crippen molar-refractivity contribution < 1.29 is 18.7 Å². The van der Waals surface area contributed by atoms with Crippen LogP contribution < -0.4 is 14.8 Å². The summed E-state index contributed by atoms with van der Waals surface area (Å²) in [5.41, 5.74) is 1.30. The standard InChI is InChI=1S/C20H19FN2O3/c1-20(2,15-11-22-16-9-12(21)3-5-14(15)16)19(24)23-13-4-6-17-18(10-13)26-8-7-25-17/h3-6,9-11,22H,7-8H2,1-2H3,(H,23,24). The van der Waals surface area contributed by atoms with Crippen LogP contribution in [0.2, 0.25) is 0 Å². The van der Waals surface area contributed by atoms with E-state index in [1.165, 1.54) is 12.1 Å². The maximum atomic E-state index is 13.4. The number of carbonyl (C=O) groups is 1. The van der Waals surface area contributed by atoms with E-state index in [0.717, 1.165) is 10.9 Å². The van der Waals surface area contributed by atoms with Gasteiger partial charge in [-0.1, -0.05) is 0 Å². The Kier molecular flexibility index (Phi) is 3.83. The zero-order valence-corrected chi connectivity index (χ0v) is 14.6. The Hall–Kier alpha value is -3.02. The molecule has 0 unspecified atom stereocenters. The molecule has 0 bridgehead atoms. The molecule has 1 aromatic heterocycles. The van der Waals surface area contributed by atoms with Gasteiger partial charge < -0.3 is 19.8 Å². The third-order valence-corrected chi connectivity index (χ3v) is 4.68. The second-order valence-corrected chi connectivity index (χ2v) is 6.83. The van der Waals surface area contributed by atoms with Crippen molar-refractivity contribution in [3.05, 3.63) is 54.0 Å². The van der Waals surface area contributed by atoms with Crippen LogP contribution in [0.5, 0.6) is 11.5 Å². The Morgan fingerprint density at radius 2 is 1.88 bits per heavy atom. The number of halogens is 1. The first kappa shape index (κ1) is 16.4. The molecule has 1 aliphatic rings. The summed E-state index contributed by atoms with van der Waals surface area (Å²) in [4.78, 5) is 16.0. The van der Waals surface area contributed by atoms with Crippen LogP contribution in [0.3, 0.4) is 0 Å². The Labute approximate surface area is 150 Å². The highest BCUT2D eigenvalue weighted by molar-refractivity contribution is 6.02. The molecular formula is C20H19FN2O3. The molecular weight excluding hydrogens is 335 g/mol. The highest BCUT2D eigenvalue weighted by atomic mass is 19.1. The first-order valence-corrected chi connectivity index (χ1v) is 8.43. The van der Waals surface area contributed by atoms with Crippen molar-refractivity contribution in [2.24, 2.45) is 0 Å². The number of nitrogens with one attached hydrogen (secondary N) is 2. The molecule has 0 aliphatic carbocycles. The molecule has 1 amide bonds. The molecule has 0 saturated heterocycles. The van der Waals surface area contributed by atoms with E-state index in [-0.39, 0.29) is 11.7 Å². The fraction of sp³-hybridized carbons (Fsp3) is 0.250. The lowest BCUT2D eigenvalue weighted by molar-refractivity contribution is -0.120. The lowest BCUT2D eigenvalue weighted by Gasteiger charge is -2.24. The summed E-state index contributed by atoms with van der Waals surface area (Å²) < 4.78 is 24.5. The summed E-state index contributed by atoms with van der Waals surface area (Å²) in [6.45, 7) is 4.69. The maximum absolute atomic E-state index is 13.4. The van der Waals surface area contributed by atoms with E-state index in [9.17, 15) is 9.18 Å². The minimum Gasteiger partial charge on any atom is -0.486 e. The van der Waals surface area contributed by atoms with Crippen LogP contribution in [0.25, 0.3) is 10.9 Å². The number of H-pyrrole nitrogens is 1. The van der Waals surface area contributed by atoms with Crippen molar-refractivity contribution in [1.29, 1.82) is 0 Å². The molecule has 134 valence electrons. The molecule has 26 heavy (non-hydrogen) atoms. The minimum atomic E-state index is -0.816. The third kappa shape index (κ3) is 2.77. The SMILES string of the molecule is CC(C)(C(=O)Nc1ccc2c(c1)OCCO2)c1c[nH]c2cc(F)ccc12. The van der Waals surface area contributed by atoms with Crippen LogP contribution in [0.4, 0.5) is 10.1 Å². The number of aromatic amines is 1. The number of hydrogen-bond acceptors (Lipinski definition) is 3. The lowest BCUT2D eigenvalue weighted by Crippen LogP contribution is -2.34. The molecule has 2 aromatic carbocycles. The molecule has 3 aromatic rings. The van der Waals surface area contributed by atoms with E-state index < -0.39 is 5.41 Å². The summed E-state index contributed by atoms with van der Waals surface area (Å²) in [6, 6.07) is 9.84. The summed E-state index contributed by atoms with van der Waals surface area (Å²) in [7, 11) is 0. The first-order valence-electron chi connectivity index (χ1n) is 8.43. The molecule has 5 nitrogen and oxygen atoms in total. The van der Waals surface area contributed by atoms with Gasteiger partial charge in [-0.25, -0.2) is 4.39 Å². The van der Waals surface area contributed by atoms with Crippen molar-refractivity contribution in [3.63, 3.8) is 0 Å². The van der Waals surface area contributed by atoms with Gasteiger partial charge in [0.2, 0.25) is 5.91 Å². The van der Waals surface area contributed by atoms with Gasteiger partial charge in [-0.2, -0.15) is 0 Å². The van der Waals surface area contributed by atoms with Gasteiger partial charge in [0.1, 0.15) is 19.0 Å². The molecule has 1 aliphatic heterocycles. The average Bonchev–Trinajstić information content (AvgIpc) is 3.05. The summed E-state index contributed by atoms with van der Waals surface area (Å²) in [5.74, 6) is 0.811. The zero-order valence-electron chi connectivity index (χ0n) is 14.6. The Bertz CT molecular complexity index is 994. The quantitative estimate of drug-likeness (QED) is 0.747. The molecule has 0 radical (unpaired) electrons. The number of benzene rings is 2. The number of ether oxygens (including phenoxy) is 2. The van der Waals surface area contributed by atoms with Crippen molar-refractivity contribution in [2.75, 3.05) is 18.5 Å². The van der Waals surface area contributed by atoms with Gasteiger partial charge in [0.25, 0.3) is 0 Å². The Morgan fingerprint density at radius 3 is 2.69 bits per heavy atom. The largest absolute Gasteiger partial charge is 0.486 e. The van der Waals surface area contributed by atoms with Gasteiger partial charge >= 0.3 is 0 Å². The monoisotopic (exact) mass is 354 g/mol. The predicted octanol–water partition coefficient (Wildman–Crippen LogP) is 3.99. The third-order valence-electron chi connectivity index (χ3n) is 4.68. The molecule has 0 saturated carbocycles. The number of rotatable bonds is 3. The van der Waals surface area contributed by atoms with E-state index in [0.29, 0.717) is 35.9 Å². The Morgan fingerprint density at radius 1 is 1.12 bits per heavy atom. The van der Waals surface area contributed by atoms with Gasteiger partial charge in [-0.05, 0) is 49.7 Å². The molecule has 2 heterocycles. The number of anilines is 1. The first-order chi connectivity index (χ1) is 12.4. The van der Waals surface area contributed by atoms with E-state index >= 15 is 0 Å². The van der Waals surface area contributed by atoms with Crippen LogP contribution in [0.15, 0.2) is 42.6 Å². The topological polar surface area (TPSA) is 63.4 Å². The smallest absolute Gasteiger partial charge is 0.234 e. The summed E-state index contributed by atoms with van der Waals surface area (Å²) in [6.07, 6.45) is 1.76. The van der Waals surface area contributed by atoms with Gasteiger partial charge in [0.15, 0.2) is 11.5 Å². The van der Waals surface area contributed by atoms with Crippen molar-refractivity contribution in [1.82, 2.24) is 4.98 Å². The fourth-order valence-corrected chi connectivity index (χ4v) is 3.15. The molecule has 0 fully saturated rings. The minimum absolute atomic E-state index is 0.167. The predicted molar refractivity (Wildman–Crippen MR) is 97.3 cm³/mol. The maximum Gasteiger partial charge on any atom is 0.234 e. The normalized spacial score (nSPS) is 13.7. The van der Waals surface area contributed by atoms with Gasteiger partial charge in [-0.15, -0.1) is 0 Å². The highest BCUT2D eigenvalue weighted by Crippen LogP contribution is 2.35. The van der Waals surface area contributed by atoms with E-state index in [4.69, 9.17) is 9.47 Å². The average molecular weight is 354 g/mol. The van der Waals surface area contributed by atoms with Gasteiger partial charge in [0, 0.05) is 28.9 Å². The van der Waals surface area contributed by atoms with Crippen LogP contribution >= 0.6 is 0 Å². The number of hydrogen-bond donors (Lipinski definition) is 2. The zero-order chi connectivity index (χ0) is 18.3. The van der Waals surface area contributed by atoms with E-state index in [2.05, 4.69) is 10.3 Å². The molecule has 4 rings (SSSR count). The lowest BCUT2D eigenvalue weighted by atomic mass is 9.83. The molecule has 0 spiro atoms. The summed E-state index contributed by atoms with van der Waals surface area (Å²) in [5, 5.41) is 3.76. The van der Waals surface area contributed by atoms with Crippen LogP contribution in [-0.2, 0) is 10.2 Å². The molecule has 0 atom stereocenters. The van der Waals surface area contributed by atoms with Crippen LogP contribution in [0, 0.1) is 5.82 Å². The second-order valence-electron chi connectivity index (χ2n) is 6.83. The molecule has 2 N–H and O–H groups in total. The van der Waals surface area contributed by atoms with Gasteiger partial charge in [-0.3, -0.25) is 4.79 Å². The fourth-order valence-electron chi connectivity index (χ4n) is 3.15. The number of amides is 1. The van der Waals surface area contributed by atoms with Gasteiger partial charge in [0.05, 0.1) is 5.41 Å². The van der Waals surface area contributed by atoms with Crippen molar-refractivity contribution in [3.8, 4) is 11.5 Å². The van der Waals surface area contributed by atoms with Crippen LogP contribution in [-0.4, -0.2) is 24.1 Å². The molecule has 6 heteroatoms. The second kappa shape index (κ2) is 6.05. The number of aromatic nitrogens is 1. The van der Waals surface area contributed by atoms with E-state index in [1.54, 1.807) is 30.5 Å². The van der Waals surface area contributed by atoms with Crippen molar-refractivity contribution >= 4 is 22.5 Å². The van der Waals surface area contributed by atoms with Crippen LogP contribution in [0.1, 0.15) is 19.4 Å².